The Labute approximate surface area is 97.7 Å². The van der Waals surface area contributed by atoms with Gasteiger partial charge < -0.3 is 9.88 Å². The van der Waals surface area contributed by atoms with Crippen molar-refractivity contribution >= 4 is 0 Å². The van der Waals surface area contributed by atoms with E-state index in [4.69, 9.17) is 0 Å². The number of hydrogen-bond acceptors (Lipinski definition) is 3. The SMILES string of the molecule is CCCc1nccn1CCN1CCNCC1. The summed E-state index contributed by atoms with van der Waals surface area (Å²) >= 11 is 0. The van der Waals surface area contributed by atoms with Crippen molar-refractivity contribution in [1.82, 2.24) is 19.8 Å². The zero-order valence-corrected chi connectivity index (χ0v) is 10.2. The van der Waals surface area contributed by atoms with E-state index in [-0.39, 0.29) is 0 Å². The molecule has 2 rings (SSSR count). The van der Waals surface area contributed by atoms with Gasteiger partial charge in [-0.3, -0.25) is 4.90 Å². The van der Waals surface area contributed by atoms with Crippen molar-refractivity contribution in [3.8, 4) is 0 Å². The molecule has 0 bridgehead atoms. The van der Waals surface area contributed by atoms with Crippen molar-refractivity contribution in [2.45, 2.75) is 26.3 Å². The van der Waals surface area contributed by atoms with E-state index in [1.807, 2.05) is 6.20 Å². The van der Waals surface area contributed by atoms with Crippen LogP contribution in [-0.4, -0.2) is 47.2 Å². The van der Waals surface area contributed by atoms with Crippen molar-refractivity contribution in [2.75, 3.05) is 32.7 Å². The Morgan fingerprint density at radius 2 is 2.12 bits per heavy atom. The van der Waals surface area contributed by atoms with Gasteiger partial charge in [0.2, 0.25) is 0 Å². The Morgan fingerprint density at radius 3 is 2.88 bits per heavy atom. The van der Waals surface area contributed by atoms with Crippen molar-refractivity contribution < 1.29 is 0 Å². The summed E-state index contributed by atoms with van der Waals surface area (Å²) in [4.78, 5) is 6.92. The first-order valence-corrected chi connectivity index (χ1v) is 6.33. The third-order valence-electron chi connectivity index (χ3n) is 3.14. The van der Waals surface area contributed by atoms with Gasteiger partial charge in [-0.2, -0.15) is 0 Å². The number of piperazine rings is 1. The molecule has 0 saturated carbocycles. The summed E-state index contributed by atoms with van der Waals surface area (Å²) in [5.74, 6) is 1.23. The number of imidazole rings is 1. The number of nitrogens with one attached hydrogen (secondary N) is 1. The maximum Gasteiger partial charge on any atom is 0.108 e. The summed E-state index contributed by atoms with van der Waals surface area (Å²) in [6.45, 7) is 9.05. The van der Waals surface area contributed by atoms with Gasteiger partial charge in [0.25, 0.3) is 0 Å². The topological polar surface area (TPSA) is 33.1 Å². The molecule has 2 heterocycles. The quantitative estimate of drug-likeness (QED) is 0.798. The number of aryl methyl sites for hydroxylation is 1. The van der Waals surface area contributed by atoms with Crippen molar-refractivity contribution in [1.29, 1.82) is 0 Å². The summed E-state index contributed by atoms with van der Waals surface area (Å²) in [5, 5.41) is 3.38. The number of rotatable bonds is 5. The van der Waals surface area contributed by atoms with Crippen LogP contribution in [0.15, 0.2) is 12.4 Å². The molecule has 1 fully saturated rings. The van der Waals surface area contributed by atoms with Gasteiger partial charge in [-0.15, -0.1) is 0 Å². The van der Waals surface area contributed by atoms with E-state index >= 15 is 0 Å². The molecule has 1 N–H and O–H groups in total. The Kier molecular flexibility index (Phi) is 4.36. The van der Waals surface area contributed by atoms with Gasteiger partial charge in [0.1, 0.15) is 5.82 Å². The highest BCUT2D eigenvalue weighted by molar-refractivity contribution is 4.92. The second kappa shape index (κ2) is 6.01. The monoisotopic (exact) mass is 222 g/mol. The number of nitrogens with zero attached hydrogens (tertiary/aromatic N) is 3. The lowest BCUT2D eigenvalue weighted by molar-refractivity contribution is 0.231. The van der Waals surface area contributed by atoms with Gasteiger partial charge in [-0.05, 0) is 6.42 Å². The summed E-state index contributed by atoms with van der Waals surface area (Å²) < 4.78 is 2.30. The molecule has 0 amide bonds. The summed E-state index contributed by atoms with van der Waals surface area (Å²) in [6.07, 6.45) is 6.29. The van der Waals surface area contributed by atoms with Gasteiger partial charge in [0.15, 0.2) is 0 Å². The largest absolute Gasteiger partial charge is 0.334 e. The minimum absolute atomic E-state index is 1.08. The molecule has 1 aliphatic rings. The standard InChI is InChI=1S/C12H22N4/c1-2-3-12-14-6-9-16(12)11-10-15-7-4-13-5-8-15/h6,9,13H,2-5,7-8,10-11H2,1H3. The van der Waals surface area contributed by atoms with Gasteiger partial charge in [0.05, 0.1) is 0 Å². The highest BCUT2D eigenvalue weighted by Gasteiger charge is 2.09. The molecule has 0 aromatic carbocycles. The molecule has 0 unspecified atom stereocenters. The van der Waals surface area contributed by atoms with Crippen LogP contribution in [0.2, 0.25) is 0 Å². The normalized spacial score (nSPS) is 17.8. The van der Waals surface area contributed by atoms with E-state index in [0.29, 0.717) is 0 Å². The minimum Gasteiger partial charge on any atom is -0.334 e. The third-order valence-corrected chi connectivity index (χ3v) is 3.14. The molecule has 1 aromatic heterocycles. The van der Waals surface area contributed by atoms with Gasteiger partial charge in [-0.1, -0.05) is 6.92 Å². The van der Waals surface area contributed by atoms with Crippen molar-refractivity contribution in [3.05, 3.63) is 18.2 Å². The zero-order valence-electron chi connectivity index (χ0n) is 10.2. The van der Waals surface area contributed by atoms with Crippen LogP contribution in [0.25, 0.3) is 0 Å². The fourth-order valence-electron chi connectivity index (χ4n) is 2.18. The first-order chi connectivity index (χ1) is 7.90. The molecule has 1 aromatic rings. The molecule has 90 valence electrons. The average Bonchev–Trinajstić information content (AvgIpc) is 2.76. The smallest absolute Gasteiger partial charge is 0.108 e. The molecule has 0 spiro atoms. The molecule has 4 nitrogen and oxygen atoms in total. The van der Waals surface area contributed by atoms with Crippen LogP contribution in [0, 0.1) is 0 Å². The first kappa shape index (κ1) is 11.6. The van der Waals surface area contributed by atoms with E-state index in [2.05, 4.69) is 32.9 Å². The zero-order chi connectivity index (χ0) is 11.2. The lowest BCUT2D eigenvalue weighted by atomic mass is 10.3. The second-order valence-corrected chi connectivity index (χ2v) is 4.38. The molecule has 16 heavy (non-hydrogen) atoms. The maximum atomic E-state index is 4.40. The van der Waals surface area contributed by atoms with Crippen LogP contribution >= 0.6 is 0 Å². The van der Waals surface area contributed by atoms with Crippen LogP contribution in [0.1, 0.15) is 19.2 Å². The van der Waals surface area contributed by atoms with E-state index in [0.717, 1.165) is 32.6 Å². The Hall–Kier alpha value is -0.870. The van der Waals surface area contributed by atoms with Crippen LogP contribution in [0.3, 0.4) is 0 Å². The fourth-order valence-corrected chi connectivity index (χ4v) is 2.18. The predicted octanol–water partition coefficient (Wildman–Crippen LogP) is 0.741. The lowest BCUT2D eigenvalue weighted by Gasteiger charge is -2.27. The molecule has 4 heteroatoms. The van der Waals surface area contributed by atoms with Gasteiger partial charge in [0, 0.05) is 58.1 Å². The van der Waals surface area contributed by atoms with E-state index in [1.165, 1.54) is 25.3 Å². The first-order valence-electron chi connectivity index (χ1n) is 6.33. The Balaban J connectivity index is 1.81. The molecule has 0 radical (unpaired) electrons. The summed E-state index contributed by atoms with van der Waals surface area (Å²) in [6, 6.07) is 0. The minimum atomic E-state index is 1.08. The molecule has 1 aliphatic heterocycles. The molecular formula is C12H22N4. The fraction of sp³-hybridized carbons (Fsp3) is 0.750. The average molecular weight is 222 g/mol. The second-order valence-electron chi connectivity index (χ2n) is 4.38. The van der Waals surface area contributed by atoms with Crippen molar-refractivity contribution in [3.63, 3.8) is 0 Å². The Morgan fingerprint density at radius 1 is 1.31 bits per heavy atom. The summed E-state index contributed by atoms with van der Waals surface area (Å²) in [7, 11) is 0. The van der Waals surface area contributed by atoms with Crippen LogP contribution in [0.4, 0.5) is 0 Å². The molecular weight excluding hydrogens is 200 g/mol. The summed E-state index contributed by atoms with van der Waals surface area (Å²) in [5.41, 5.74) is 0. The van der Waals surface area contributed by atoms with Crippen LogP contribution in [0.5, 0.6) is 0 Å². The number of hydrogen-bond donors (Lipinski definition) is 1. The van der Waals surface area contributed by atoms with Gasteiger partial charge >= 0.3 is 0 Å². The third kappa shape index (κ3) is 3.06. The molecule has 0 atom stereocenters. The predicted molar refractivity (Wildman–Crippen MR) is 65.5 cm³/mol. The highest BCUT2D eigenvalue weighted by atomic mass is 15.2. The maximum absolute atomic E-state index is 4.40. The highest BCUT2D eigenvalue weighted by Crippen LogP contribution is 2.02. The van der Waals surface area contributed by atoms with E-state index in [9.17, 15) is 0 Å². The van der Waals surface area contributed by atoms with Crippen molar-refractivity contribution in [2.24, 2.45) is 0 Å². The molecule has 0 aliphatic carbocycles. The van der Waals surface area contributed by atoms with E-state index < -0.39 is 0 Å². The van der Waals surface area contributed by atoms with Crippen LogP contribution in [-0.2, 0) is 13.0 Å². The van der Waals surface area contributed by atoms with E-state index in [1.54, 1.807) is 0 Å². The lowest BCUT2D eigenvalue weighted by Crippen LogP contribution is -2.44. The van der Waals surface area contributed by atoms with Gasteiger partial charge in [-0.25, -0.2) is 4.98 Å². The number of aromatic nitrogens is 2. The van der Waals surface area contributed by atoms with Crippen LogP contribution < -0.4 is 5.32 Å². The molecule has 1 saturated heterocycles. The Bertz CT molecular complexity index is 302.